The minimum atomic E-state index is 0.119. The highest BCUT2D eigenvalue weighted by Crippen LogP contribution is 2.35. The van der Waals surface area contributed by atoms with Gasteiger partial charge in [0.15, 0.2) is 0 Å². The van der Waals surface area contributed by atoms with Crippen molar-refractivity contribution in [1.29, 1.82) is 0 Å². The molecule has 1 aromatic rings. The molecular weight excluding hydrogens is 264 g/mol. The van der Waals surface area contributed by atoms with Gasteiger partial charge in [-0.25, -0.2) is 0 Å². The zero-order chi connectivity index (χ0) is 14.2. The average Bonchev–Trinajstić information content (AvgIpc) is 3.23. The summed E-state index contributed by atoms with van der Waals surface area (Å²) in [5, 5.41) is 7.56. The van der Waals surface area contributed by atoms with Gasteiger partial charge in [0.25, 0.3) is 5.91 Å². The third-order valence-electron chi connectivity index (χ3n) is 5.22. The van der Waals surface area contributed by atoms with Crippen LogP contribution in [0.2, 0.25) is 0 Å². The van der Waals surface area contributed by atoms with Gasteiger partial charge in [-0.2, -0.15) is 10.2 Å². The SMILES string of the molecule is O=C(c1ccnnc1)N1C[C@@H]2CCN(CC3CC3)C[C@H]2C1. The van der Waals surface area contributed by atoms with Gasteiger partial charge in [-0.05, 0) is 49.6 Å². The lowest BCUT2D eigenvalue weighted by atomic mass is 9.88. The van der Waals surface area contributed by atoms with Crippen LogP contribution in [0.4, 0.5) is 0 Å². The molecule has 3 heterocycles. The first-order valence-electron chi connectivity index (χ1n) is 8.08. The van der Waals surface area contributed by atoms with E-state index in [1.165, 1.54) is 38.9 Å². The van der Waals surface area contributed by atoms with Crippen LogP contribution in [0.5, 0.6) is 0 Å². The lowest BCUT2D eigenvalue weighted by Crippen LogP contribution is -2.40. The minimum Gasteiger partial charge on any atom is -0.338 e. The molecule has 0 bridgehead atoms. The molecule has 112 valence electrons. The van der Waals surface area contributed by atoms with E-state index in [0.29, 0.717) is 17.4 Å². The molecule has 1 aliphatic carbocycles. The molecule has 4 rings (SSSR count). The fourth-order valence-electron chi connectivity index (χ4n) is 3.84. The Kier molecular flexibility index (Phi) is 3.37. The Hall–Kier alpha value is -1.49. The van der Waals surface area contributed by atoms with Crippen molar-refractivity contribution in [3.05, 3.63) is 24.0 Å². The topological polar surface area (TPSA) is 49.3 Å². The Morgan fingerprint density at radius 1 is 1.14 bits per heavy atom. The molecule has 2 saturated heterocycles. The van der Waals surface area contributed by atoms with Crippen LogP contribution >= 0.6 is 0 Å². The van der Waals surface area contributed by atoms with Gasteiger partial charge < -0.3 is 9.80 Å². The summed E-state index contributed by atoms with van der Waals surface area (Å²) >= 11 is 0. The van der Waals surface area contributed by atoms with E-state index < -0.39 is 0 Å². The highest BCUT2D eigenvalue weighted by molar-refractivity contribution is 5.94. The van der Waals surface area contributed by atoms with Crippen molar-refractivity contribution in [2.45, 2.75) is 19.3 Å². The number of hydrogen-bond donors (Lipinski definition) is 0. The predicted molar refractivity (Wildman–Crippen MR) is 78.7 cm³/mol. The number of likely N-dealkylation sites (tertiary alicyclic amines) is 2. The molecule has 3 fully saturated rings. The van der Waals surface area contributed by atoms with E-state index in [1.54, 1.807) is 18.5 Å². The molecule has 1 saturated carbocycles. The van der Waals surface area contributed by atoms with E-state index >= 15 is 0 Å². The average molecular weight is 286 g/mol. The Morgan fingerprint density at radius 3 is 2.76 bits per heavy atom. The van der Waals surface area contributed by atoms with Crippen LogP contribution in [0.3, 0.4) is 0 Å². The maximum Gasteiger partial charge on any atom is 0.255 e. The van der Waals surface area contributed by atoms with Crippen LogP contribution in [0, 0.1) is 17.8 Å². The summed E-state index contributed by atoms with van der Waals surface area (Å²) in [6, 6.07) is 1.76. The van der Waals surface area contributed by atoms with E-state index in [1.807, 2.05) is 4.90 Å². The monoisotopic (exact) mass is 286 g/mol. The van der Waals surface area contributed by atoms with Gasteiger partial charge in [-0.15, -0.1) is 0 Å². The van der Waals surface area contributed by atoms with E-state index in [4.69, 9.17) is 0 Å². The van der Waals surface area contributed by atoms with Gasteiger partial charge in [0, 0.05) is 26.2 Å². The Bertz CT molecular complexity index is 516. The Labute approximate surface area is 125 Å². The van der Waals surface area contributed by atoms with Crippen LogP contribution in [-0.2, 0) is 0 Å². The van der Waals surface area contributed by atoms with E-state index in [0.717, 1.165) is 19.0 Å². The van der Waals surface area contributed by atoms with Crippen molar-refractivity contribution in [3.63, 3.8) is 0 Å². The zero-order valence-electron chi connectivity index (χ0n) is 12.3. The van der Waals surface area contributed by atoms with Crippen LogP contribution in [0.25, 0.3) is 0 Å². The number of nitrogens with zero attached hydrogens (tertiary/aromatic N) is 4. The Balaban J connectivity index is 1.39. The molecule has 0 spiro atoms. The summed E-state index contributed by atoms with van der Waals surface area (Å²) in [4.78, 5) is 17.2. The Morgan fingerprint density at radius 2 is 2.00 bits per heavy atom. The second-order valence-corrected chi connectivity index (χ2v) is 6.85. The molecular formula is C16H22N4O. The molecule has 0 unspecified atom stereocenters. The first-order chi connectivity index (χ1) is 10.3. The summed E-state index contributed by atoms with van der Waals surface area (Å²) in [5.74, 6) is 2.44. The molecule has 0 N–H and O–H groups in total. The second-order valence-electron chi connectivity index (χ2n) is 6.85. The van der Waals surface area contributed by atoms with Gasteiger partial charge >= 0.3 is 0 Å². The third-order valence-corrected chi connectivity index (χ3v) is 5.22. The maximum atomic E-state index is 12.5. The lowest BCUT2D eigenvalue weighted by Gasteiger charge is -2.34. The van der Waals surface area contributed by atoms with Crippen molar-refractivity contribution in [1.82, 2.24) is 20.0 Å². The predicted octanol–water partition coefficient (Wildman–Crippen LogP) is 1.28. The van der Waals surface area contributed by atoms with E-state index in [-0.39, 0.29) is 5.91 Å². The van der Waals surface area contributed by atoms with E-state index in [9.17, 15) is 4.79 Å². The third kappa shape index (κ3) is 2.79. The standard InChI is InChI=1S/C16H22N4O/c21-16(13-3-5-17-18-7-13)20-10-14-4-6-19(8-12-1-2-12)9-15(14)11-20/h3,5,7,12,14-15H,1-2,4,6,8-11H2/t14-,15-/m0/s1. The first-order valence-corrected chi connectivity index (χ1v) is 8.08. The quantitative estimate of drug-likeness (QED) is 0.840. The fraction of sp³-hybridized carbons (Fsp3) is 0.688. The fourth-order valence-corrected chi connectivity index (χ4v) is 3.84. The van der Waals surface area contributed by atoms with Crippen molar-refractivity contribution in [2.75, 3.05) is 32.7 Å². The summed E-state index contributed by atoms with van der Waals surface area (Å²) in [7, 11) is 0. The number of fused-ring (bicyclic) bond motifs is 1. The van der Waals surface area contributed by atoms with Crippen molar-refractivity contribution < 1.29 is 4.79 Å². The second kappa shape index (κ2) is 5.37. The van der Waals surface area contributed by atoms with Gasteiger partial charge in [-0.1, -0.05) is 0 Å². The molecule has 5 nitrogen and oxygen atoms in total. The summed E-state index contributed by atoms with van der Waals surface area (Å²) in [6.45, 7) is 5.51. The molecule has 0 radical (unpaired) electrons. The van der Waals surface area contributed by atoms with Gasteiger partial charge in [0.2, 0.25) is 0 Å². The zero-order valence-corrected chi connectivity index (χ0v) is 12.3. The van der Waals surface area contributed by atoms with Crippen LogP contribution < -0.4 is 0 Å². The number of aromatic nitrogens is 2. The molecule has 21 heavy (non-hydrogen) atoms. The summed E-state index contributed by atoms with van der Waals surface area (Å²) < 4.78 is 0. The number of hydrogen-bond acceptors (Lipinski definition) is 4. The number of piperidine rings is 1. The number of carbonyl (C=O) groups excluding carboxylic acids is 1. The van der Waals surface area contributed by atoms with Crippen molar-refractivity contribution in [3.8, 4) is 0 Å². The van der Waals surface area contributed by atoms with Crippen molar-refractivity contribution in [2.24, 2.45) is 17.8 Å². The molecule has 2 atom stereocenters. The first kappa shape index (κ1) is 13.2. The number of rotatable bonds is 3. The molecule has 0 aromatic carbocycles. The normalized spacial score (nSPS) is 29.4. The van der Waals surface area contributed by atoms with Gasteiger partial charge in [0.05, 0.1) is 18.0 Å². The molecule has 5 heteroatoms. The van der Waals surface area contributed by atoms with Gasteiger partial charge in [0.1, 0.15) is 0 Å². The number of amides is 1. The highest BCUT2D eigenvalue weighted by Gasteiger charge is 2.39. The van der Waals surface area contributed by atoms with Crippen LogP contribution in [-0.4, -0.2) is 58.6 Å². The van der Waals surface area contributed by atoms with Gasteiger partial charge in [-0.3, -0.25) is 4.79 Å². The van der Waals surface area contributed by atoms with E-state index in [2.05, 4.69) is 15.1 Å². The maximum absolute atomic E-state index is 12.5. The van der Waals surface area contributed by atoms with Crippen LogP contribution in [0.1, 0.15) is 29.6 Å². The summed E-state index contributed by atoms with van der Waals surface area (Å²) in [6.07, 6.45) is 7.25. The molecule has 1 aromatic heterocycles. The molecule has 2 aliphatic heterocycles. The molecule has 3 aliphatic rings. The molecule has 1 amide bonds. The number of carbonyl (C=O) groups is 1. The lowest BCUT2D eigenvalue weighted by molar-refractivity contribution is 0.0783. The highest BCUT2D eigenvalue weighted by atomic mass is 16.2. The summed E-state index contributed by atoms with van der Waals surface area (Å²) in [5.41, 5.74) is 0.665. The van der Waals surface area contributed by atoms with Crippen molar-refractivity contribution >= 4 is 5.91 Å². The largest absolute Gasteiger partial charge is 0.338 e. The van der Waals surface area contributed by atoms with Crippen LogP contribution in [0.15, 0.2) is 18.5 Å². The smallest absolute Gasteiger partial charge is 0.255 e. The minimum absolute atomic E-state index is 0.119.